The first kappa shape index (κ1) is 14.3. The van der Waals surface area contributed by atoms with E-state index in [-0.39, 0.29) is 16.9 Å². The molecule has 0 radical (unpaired) electrons. The second-order valence-electron chi connectivity index (χ2n) is 4.32. The first-order valence-electron chi connectivity index (χ1n) is 6.13. The minimum absolute atomic E-state index is 0.0351. The molecule has 0 aliphatic rings. The van der Waals surface area contributed by atoms with Crippen LogP contribution in [0.4, 0.5) is 0 Å². The summed E-state index contributed by atoms with van der Waals surface area (Å²) in [4.78, 5) is 19.5. The van der Waals surface area contributed by atoms with E-state index in [1.807, 2.05) is 0 Å². The van der Waals surface area contributed by atoms with Crippen LogP contribution in [0.1, 0.15) is 29.0 Å². The Labute approximate surface area is 120 Å². The van der Waals surface area contributed by atoms with Crippen molar-refractivity contribution < 1.29 is 0 Å². The van der Waals surface area contributed by atoms with Gasteiger partial charge in [-0.25, -0.2) is 4.98 Å². The Balaban J connectivity index is 2.29. The smallest absolute Gasteiger partial charge is 0.251 e. The van der Waals surface area contributed by atoms with Crippen LogP contribution in [0.2, 0.25) is 0 Å². The van der Waals surface area contributed by atoms with Gasteiger partial charge in [-0.1, -0.05) is 18.7 Å². The lowest BCUT2D eigenvalue weighted by molar-refractivity contribution is 0.636. The van der Waals surface area contributed by atoms with Crippen molar-refractivity contribution in [1.82, 2.24) is 9.97 Å². The van der Waals surface area contributed by atoms with E-state index in [4.69, 9.17) is 5.73 Å². The fraction of sp³-hybridized carbons (Fsp3) is 0.385. The van der Waals surface area contributed by atoms with Crippen LogP contribution >= 0.6 is 23.1 Å². The molecular weight excluding hydrogens is 278 g/mol. The molecule has 6 heteroatoms. The lowest BCUT2D eigenvalue weighted by Gasteiger charge is -2.21. The van der Waals surface area contributed by atoms with Gasteiger partial charge >= 0.3 is 0 Å². The maximum absolute atomic E-state index is 11.3. The van der Waals surface area contributed by atoms with Crippen LogP contribution in [0.5, 0.6) is 0 Å². The summed E-state index contributed by atoms with van der Waals surface area (Å²) < 4.78 is 0. The van der Waals surface area contributed by atoms with E-state index in [0.717, 1.165) is 6.42 Å². The lowest BCUT2D eigenvalue weighted by Crippen LogP contribution is -2.26. The minimum Gasteiger partial charge on any atom is -0.326 e. The average molecular weight is 295 g/mol. The zero-order valence-corrected chi connectivity index (χ0v) is 12.6. The Kier molecular flexibility index (Phi) is 4.79. The molecule has 0 saturated heterocycles. The largest absolute Gasteiger partial charge is 0.326 e. The fourth-order valence-corrected chi connectivity index (χ4v) is 4.23. The summed E-state index contributed by atoms with van der Waals surface area (Å²) in [6.45, 7) is 4.16. The normalized spacial score (nSPS) is 14.3. The van der Waals surface area contributed by atoms with Gasteiger partial charge in [-0.05, 0) is 30.4 Å². The Morgan fingerprint density at radius 1 is 1.53 bits per heavy atom. The van der Waals surface area contributed by atoms with Gasteiger partial charge in [0, 0.05) is 23.2 Å². The summed E-state index contributed by atoms with van der Waals surface area (Å²) in [5.74, 6) is 0. The number of thioether (sulfide) groups is 1. The van der Waals surface area contributed by atoms with E-state index < -0.39 is 0 Å². The van der Waals surface area contributed by atoms with Gasteiger partial charge in [0.2, 0.25) is 0 Å². The van der Waals surface area contributed by atoms with Crippen LogP contribution in [-0.2, 0) is 0 Å². The van der Waals surface area contributed by atoms with Crippen molar-refractivity contribution in [3.63, 3.8) is 0 Å². The van der Waals surface area contributed by atoms with E-state index in [1.165, 1.54) is 34.5 Å². The van der Waals surface area contributed by atoms with E-state index in [1.54, 1.807) is 11.3 Å². The number of nitrogens with one attached hydrogen (secondary N) is 1. The number of nitrogens with zero attached hydrogens (tertiary/aromatic N) is 1. The molecule has 2 unspecified atom stereocenters. The quantitative estimate of drug-likeness (QED) is 0.657. The summed E-state index contributed by atoms with van der Waals surface area (Å²) in [6.07, 6.45) is 2.41. The Hall–Kier alpha value is -1.11. The van der Waals surface area contributed by atoms with Crippen molar-refractivity contribution in [2.75, 3.05) is 0 Å². The molecule has 0 spiro atoms. The molecule has 0 fully saturated rings. The van der Waals surface area contributed by atoms with Crippen molar-refractivity contribution in [1.29, 1.82) is 0 Å². The van der Waals surface area contributed by atoms with Crippen molar-refractivity contribution in [3.05, 3.63) is 44.5 Å². The molecular formula is C13H17N3OS2. The lowest BCUT2D eigenvalue weighted by atomic mass is 10.1. The fourth-order valence-electron chi connectivity index (χ4n) is 1.76. The van der Waals surface area contributed by atoms with Crippen molar-refractivity contribution in [2.45, 2.75) is 36.7 Å². The van der Waals surface area contributed by atoms with Crippen LogP contribution in [0, 0.1) is 6.92 Å². The van der Waals surface area contributed by atoms with Crippen molar-refractivity contribution in [3.8, 4) is 0 Å². The van der Waals surface area contributed by atoms with Crippen molar-refractivity contribution >= 4 is 23.1 Å². The van der Waals surface area contributed by atoms with Gasteiger partial charge in [-0.3, -0.25) is 4.79 Å². The van der Waals surface area contributed by atoms with Crippen molar-refractivity contribution in [2.24, 2.45) is 5.73 Å². The molecule has 2 aromatic rings. The molecule has 0 bridgehead atoms. The summed E-state index contributed by atoms with van der Waals surface area (Å²) in [7, 11) is 0. The van der Waals surface area contributed by atoms with Crippen LogP contribution in [0.15, 0.2) is 33.7 Å². The molecule has 0 aromatic carbocycles. The number of rotatable bonds is 5. The highest BCUT2D eigenvalue weighted by atomic mass is 32.2. The zero-order chi connectivity index (χ0) is 13.8. The molecule has 0 saturated carbocycles. The van der Waals surface area contributed by atoms with Gasteiger partial charge < -0.3 is 10.7 Å². The standard InChI is InChI=1S/C13H17N3OS2/c1-3-9(14)12(11-8(2)5-7-18-11)19-13-15-6-4-10(17)16-13/h4-7,9,12H,3,14H2,1-2H3,(H,15,16,17). The first-order chi connectivity index (χ1) is 9.11. The van der Waals surface area contributed by atoms with Gasteiger partial charge in [0.25, 0.3) is 5.56 Å². The van der Waals surface area contributed by atoms with Crippen LogP contribution in [0.3, 0.4) is 0 Å². The SMILES string of the molecule is CCC(N)C(Sc1nccc(=O)[nH]1)c1sccc1C. The molecule has 0 amide bonds. The number of aryl methyl sites for hydroxylation is 1. The number of H-pyrrole nitrogens is 1. The number of hydrogen-bond donors (Lipinski definition) is 2. The summed E-state index contributed by atoms with van der Waals surface area (Å²) in [5, 5.41) is 2.81. The van der Waals surface area contributed by atoms with E-state index >= 15 is 0 Å². The molecule has 3 N–H and O–H groups in total. The summed E-state index contributed by atoms with van der Waals surface area (Å²) in [6, 6.07) is 3.54. The second kappa shape index (κ2) is 6.36. The Morgan fingerprint density at radius 2 is 2.32 bits per heavy atom. The summed E-state index contributed by atoms with van der Waals surface area (Å²) >= 11 is 3.23. The minimum atomic E-state index is -0.135. The van der Waals surface area contributed by atoms with Gasteiger partial charge in [0.1, 0.15) is 0 Å². The highest BCUT2D eigenvalue weighted by molar-refractivity contribution is 7.99. The number of aromatic amines is 1. The number of thiophene rings is 1. The Bertz CT molecular complexity index is 593. The molecule has 2 heterocycles. The zero-order valence-electron chi connectivity index (χ0n) is 10.9. The van der Waals surface area contributed by atoms with Crippen LogP contribution in [0.25, 0.3) is 0 Å². The van der Waals surface area contributed by atoms with E-state index in [0.29, 0.717) is 5.16 Å². The number of hydrogen-bond acceptors (Lipinski definition) is 5. The molecule has 19 heavy (non-hydrogen) atoms. The van der Waals surface area contributed by atoms with Gasteiger partial charge in [-0.2, -0.15) is 0 Å². The van der Waals surface area contributed by atoms with Gasteiger partial charge in [-0.15, -0.1) is 11.3 Å². The predicted octanol–water partition coefficient (Wildman–Crippen LogP) is 2.71. The average Bonchev–Trinajstić information content (AvgIpc) is 2.81. The summed E-state index contributed by atoms with van der Waals surface area (Å²) in [5.41, 5.74) is 7.33. The third-order valence-corrected chi connectivity index (χ3v) is 5.43. The predicted molar refractivity (Wildman–Crippen MR) is 80.8 cm³/mol. The topological polar surface area (TPSA) is 71.8 Å². The maximum Gasteiger partial charge on any atom is 0.251 e. The number of aromatic nitrogens is 2. The van der Waals surface area contributed by atoms with Crippen LogP contribution < -0.4 is 11.3 Å². The monoisotopic (exact) mass is 295 g/mol. The highest BCUT2D eigenvalue weighted by Crippen LogP contribution is 2.40. The third-order valence-electron chi connectivity index (χ3n) is 2.91. The van der Waals surface area contributed by atoms with E-state index in [9.17, 15) is 4.79 Å². The Morgan fingerprint density at radius 3 is 2.89 bits per heavy atom. The molecule has 0 aliphatic carbocycles. The molecule has 2 aromatic heterocycles. The maximum atomic E-state index is 11.3. The molecule has 102 valence electrons. The molecule has 4 nitrogen and oxygen atoms in total. The van der Waals surface area contributed by atoms with Gasteiger partial charge in [0.05, 0.1) is 5.25 Å². The molecule has 0 aliphatic heterocycles. The van der Waals surface area contributed by atoms with Crippen LogP contribution in [-0.4, -0.2) is 16.0 Å². The third kappa shape index (κ3) is 3.46. The first-order valence-corrected chi connectivity index (χ1v) is 7.89. The highest BCUT2D eigenvalue weighted by Gasteiger charge is 2.23. The van der Waals surface area contributed by atoms with Gasteiger partial charge in [0.15, 0.2) is 5.16 Å². The molecule has 2 atom stereocenters. The number of nitrogens with two attached hydrogens (primary N) is 1. The molecule has 2 rings (SSSR count). The second-order valence-corrected chi connectivity index (χ2v) is 6.40. The van der Waals surface area contributed by atoms with E-state index in [2.05, 4.69) is 35.3 Å².